The molecule has 3 rings (SSSR count). The zero-order valence-corrected chi connectivity index (χ0v) is 24.2. The minimum Gasteiger partial charge on any atom is -0.508 e. The number of phenolic OH excluding ortho intramolecular Hbond substituents is 1. The van der Waals surface area contributed by atoms with Gasteiger partial charge in [0.2, 0.25) is 23.6 Å². The van der Waals surface area contributed by atoms with Gasteiger partial charge in [-0.05, 0) is 48.6 Å². The van der Waals surface area contributed by atoms with Gasteiger partial charge in [-0.25, -0.2) is 4.79 Å². The average molecular weight is 625 g/mol. The van der Waals surface area contributed by atoms with Crippen LogP contribution in [-0.2, 0) is 41.6 Å². The van der Waals surface area contributed by atoms with Gasteiger partial charge in [-0.3, -0.25) is 24.0 Å². The Kier molecular flexibility index (Phi) is 12.0. The van der Waals surface area contributed by atoms with Gasteiger partial charge in [0, 0.05) is 36.4 Å². The molecule has 1 aromatic heterocycles. The fourth-order valence-corrected chi connectivity index (χ4v) is 4.61. The second-order valence-corrected chi connectivity index (χ2v) is 10.5. The molecule has 0 saturated carbocycles. The van der Waals surface area contributed by atoms with Crippen LogP contribution in [0.1, 0.15) is 36.8 Å². The molecule has 2 aromatic carbocycles. The summed E-state index contributed by atoms with van der Waals surface area (Å²) in [6, 6.07) is 7.78. The number of aromatic hydroxyl groups is 1. The van der Waals surface area contributed by atoms with Gasteiger partial charge in [0.25, 0.3) is 0 Å². The molecular formula is C30H36N6O9. The fraction of sp³-hybridized carbons (Fsp3) is 0.333. The number of primary amides is 1. The molecule has 0 spiro atoms. The molecule has 0 aliphatic rings. The van der Waals surface area contributed by atoms with Crippen LogP contribution >= 0.6 is 0 Å². The quantitative estimate of drug-likeness (QED) is 0.0942. The monoisotopic (exact) mass is 624 g/mol. The number of aromatic nitrogens is 1. The molecular weight excluding hydrogens is 588 g/mol. The van der Waals surface area contributed by atoms with Crippen LogP contribution in [0.3, 0.4) is 0 Å². The first kappa shape index (κ1) is 34.1. The number of nitrogens with two attached hydrogens (primary N) is 2. The number of fused-ring (bicyclic) bond motifs is 1. The third-order valence-electron chi connectivity index (χ3n) is 7.03. The molecule has 0 bridgehead atoms. The Labute approximate surface area is 257 Å². The van der Waals surface area contributed by atoms with Crippen LogP contribution in [0.15, 0.2) is 54.7 Å². The van der Waals surface area contributed by atoms with Crippen molar-refractivity contribution in [1.82, 2.24) is 20.9 Å². The Hall–Kier alpha value is -5.44. The van der Waals surface area contributed by atoms with Crippen LogP contribution in [0.5, 0.6) is 5.75 Å². The number of aliphatic carboxylic acids is 2. The summed E-state index contributed by atoms with van der Waals surface area (Å²) in [5, 5.41) is 36.1. The molecule has 0 radical (unpaired) electrons. The number of carboxylic acid groups (broad SMARTS) is 2. The minimum atomic E-state index is -1.56. The van der Waals surface area contributed by atoms with E-state index in [1.165, 1.54) is 12.1 Å². The third kappa shape index (κ3) is 10.4. The third-order valence-corrected chi connectivity index (χ3v) is 7.03. The number of hydrogen-bond donors (Lipinski definition) is 9. The Morgan fingerprint density at radius 1 is 0.756 bits per heavy atom. The van der Waals surface area contributed by atoms with Crippen molar-refractivity contribution in [2.45, 2.75) is 62.7 Å². The van der Waals surface area contributed by atoms with E-state index in [9.17, 15) is 39.0 Å². The molecule has 15 heteroatoms. The summed E-state index contributed by atoms with van der Waals surface area (Å²) >= 11 is 0. The van der Waals surface area contributed by atoms with Gasteiger partial charge in [-0.2, -0.15) is 0 Å². The highest BCUT2D eigenvalue weighted by Crippen LogP contribution is 2.19. The van der Waals surface area contributed by atoms with Crippen molar-refractivity contribution >= 4 is 46.5 Å². The molecule has 0 aliphatic carbocycles. The van der Waals surface area contributed by atoms with E-state index in [-0.39, 0.29) is 31.4 Å². The van der Waals surface area contributed by atoms with E-state index in [4.69, 9.17) is 16.6 Å². The highest BCUT2D eigenvalue weighted by molar-refractivity contribution is 5.95. The molecule has 11 N–H and O–H groups in total. The molecule has 0 saturated heterocycles. The van der Waals surface area contributed by atoms with Crippen molar-refractivity contribution in [3.8, 4) is 5.75 Å². The number of nitrogens with one attached hydrogen (secondary N) is 4. The van der Waals surface area contributed by atoms with Crippen molar-refractivity contribution in [1.29, 1.82) is 0 Å². The lowest BCUT2D eigenvalue weighted by atomic mass is 10.0. The Morgan fingerprint density at radius 2 is 1.36 bits per heavy atom. The second-order valence-electron chi connectivity index (χ2n) is 10.5. The zero-order chi connectivity index (χ0) is 33.1. The molecule has 3 aromatic rings. The lowest BCUT2D eigenvalue weighted by Crippen LogP contribution is -2.58. The molecule has 4 atom stereocenters. The van der Waals surface area contributed by atoms with Crippen molar-refractivity contribution in [2.75, 3.05) is 0 Å². The van der Waals surface area contributed by atoms with Gasteiger partial charge in [-0.1, -0.05) is 30.3 Å². The maximum Gasteiger partial charge on any atom is 0.326 e. The van der Waals surface area contributed by atoms with Gasteiger partial charge in [-0.15, -0.1) is 0 Å². The van der Waals surface area contributed by atoms with Crippen molar-refractivity contribution in [2.24, 2.45) is 11.5 Å². The predicted molar refractivity (Wildman–Crippen MR) is 161 cm³/mol. The van der Waals surface area contributed by atoms with E-state index in [0.29, 0.717) is 11.1 Å². The summed E-state index contributed by atoms with van der Waals surface area (Å²) in [5.41, 5.74) is 13.3. The summed E-state index contributed by atoms with van der Waals surface area (Å²) in [6.07, 6.45) is 0.143. The number of H-pyrrole nitrogens is 1. The topological polar surface area (TPSA) is 267 Å². The van der Waals surface area contributed by atoms with Crippen LogP contribution < -0.4 is 27.4 Å². The average Bonchev–Trinajstić information content (AvgIpc) is 3.40. The summed E-state index contributed by atoms with van der Waals surface area (Å²) in [4.78, 5) is 77.3. The number of carbonyl (C=O) groups is 6. The number of hydrogen-bond acceptors (Lipinski definition) is 8. The van der Waals surface area contributed by atoms with Crippen LogP contribution in [0, 0.1) is 0 Å². The molecule has 4 amide bonds. The smallest absolute Gasteiger partial charge is 0.326 e. The van der Waals surface area contributed by atoms with Crippen molar-refractivity contribution in [3.05, 3.63) is 65.9 Å². The van der Waals surface area contributed by atoms with Gasteiger partial charge in [0.05, 0.1) is 6.04 Å². The first-order valence-corrected chi connectivity index (χ1v) is 14.1. The van der Waals surface area contributed by atoms with E-state index in [1.54, 1.807) is 42.6 Å². The number of carboxylic acids is 2. The lowest BCUT2D eigenvalue weighted by Gasteiger charge is -2.25. The Bertz CT molecular complexity index is 1540. The molecule has 240 valence electrons. The van der Waals surface area contributed by atoms with E-state index in [0.717, 1.165) is 10.9 Å². The van der Waals surface area contributed by atoms with E-state index >= 15 is 0 Å². The highest BCUT2D eigenvalue weighted by atomic mass is 16.4. The first-order chi connectivity index (χ1) is 21.3. The second kappa shape index (κ2) is 15.9. The summed E-state index contributed by atoms with van der Waals surface area (Å²) in [5.74, 6) is -5.93. The molecule has 45 heavy (non-hydrogen) atoms. The van der Waals surface area contributed by atoms with Gasteiger partial charge < -0.3 is 47.7 Å². The summed E-state index contributed by atoms with van der Waals surface area (Å²) in [7, 11) is 0. The fourth-order valence-electron chi connectivity index (χ4n) is 4.61. The maximum absolute atomic E-state index is 13.5. The molecule has 15 nitrogen and oxygen atoms in total. The molecule has 0 aliphatic heterocycles. The van der Waals surface area contributed by atoms with Crippen LogP contribution in [0.2, 0.25) is 0 Å². The summed E-state index contributed by atoms with van der Waals surface area (Å²) in [6.45, 7) is 0. The highest BCUT2D eigenvalue weighted by Gasteiger charge is 2.31. The largest absolute Gasteiger partial charge is 0.508 e. The van der Waals surface area contributed by atoms with Crippen LogP contribution in [-0.4, -0.2) is 80.0 Å². The predicted octanol–water partition coefficient (Wildman–Crippen LogP) is -0.345. The maximum atomic E-state index is 13.5. The number of rotatable bonds is 17. The van der Waals surface area contributed by atoms with Crippen LogP contribution in [0.25, 0.3) is 10.9 Å². The Morgan fingerprint density at radius 3 is 2.00 bits per heavy atom. The van der Waals surface area contributed by atoms with Crippen molar-refractivity contribution in [3.63, 3.8) is 0 Å². The number of benzene rings is 2. The number of aromatic amines is 1. The zero-order valence-electron chi connectivity index (χ0n) is 24.2. The molecule has 4 unspecified atom stereocenters. The van der Waals surface area contributed by atoms with Gasteiger partial charge >= 0.3 is 11.9 Å². The normalized spacial score (nSPS) is 13.6. The minimum absolute atomic E-state index is 0.0303. The van der Waals surface area contributed by atoms with Gasteiger partial charge in [0.15, 0.2) is 0 Å². The standard InChI is InChI=1S/C30H36N6O9/c31-20(13-16-5-7-18(37)8-6-16)27(41)34-22(9-11-25(32)38)28(42)36-24(14-17-15-33-21-4-2-1-3-19(17)21)29(43)35-23(30(44)45)10-12-26(39)40/h1-8,15,20,22-24,33,37H,9-14,31H2,(H2,32,38)(H,34,41)(H,35,43)(H,36,42)(H,39,40)(H,44,45). The number of amides is 4. The van der Waals surface area contributed by atoms with E-state index in [1.807, 2.05) is 0 Å². The van der Waals surface area contributed by atoms with Gasteiger partial charge in [0.1, 0.15) is 23.9 Å². The molecule has 0 fully saturated rings. The summed E-state index contributed by atoms with van der Waals surface area (Å²) < 4.78 is 0. The number of para-hydroxylation sites is 1. The lowest BCUT2D eigenvalue weighted by molar-refractivity contribution is -0.143. The van der Waals surface area contributed by atoms with Crippen LogP contribution in [0.4, 0.5) is 0 Å². The van der Waals surface area contributed by atoms with E-state index < -0.39 is 72.6 Å². The van der Waals surface area contributed by atoms with Crippen molar-refractivity contribution < 1.29 is 44.1 Å². The SMILES string of the molecule is NC(=O)CCC(NC(=O)C(N)Cc1ccc(O)cc1)C(=O)NC(Cc1c[nH]c2ccccc12)C(=O)NC(CCC(=O)O)C(=O)O. The molecule has 1 heterocycles. The number of carbonyl (C=O) groups excluding carboxylic acids is 4. The first-order valence-electron chi connectivity index (χ1n) is 14.1. The number of phenols is 1. The Balaban J connectivity index is 1.83. The van der Waals surface area contributed by atoms with E-state index in [2.05, 4.69) is 20.9 Å².